The molecule has 0 radical (unpaired) electrons. The summed E-state index contributed by atoms with van der Waals surface area (Å²) < 4.78 is 10.6. The fraction of sp³-hybridized carbons (Fsp3) is 0.625. The van der Waals surface area contributed by atoms with Gasteiger partial charge in [0, 0.05) is 6.42 Å². The lowest BCUT2D eigenvalue weighted by atomic mass is 9.97. The topological polar surface area (TPSA) is 169 Å². The normalized spacial score (nSPS) is 14.7. The SMILES string of the molecule is CC[C@H](C)C(NC(=O)OCc1ccccc1)C(=O)N[C@@H](CCC(=O)OC(C)(C)C)C(=O)N[C@@H](C)C(=O)NC(C=O)CC(C)C. The van der Waals surface area contributed by atoms with Crippen LogP contribution in [0, 0.1) is 11.8 Å². The van der Waals surface area contributed by atoms with E-state index >= 15 is 0 Å². The number of esters is 1. The van der Waals surface area contributed by atoms with E-state index in [1.165, 1.54) is 6.92 Å². The number of hydrogen-bond acceptors (Lipinski definition) is 8. The number of benzene rings is 1. The van der Waals surface area contributed by atoms with Gasteiger partial charge in [-0.05, 0) is 57.9 Å². The molecular weight excluding hydrogens is 568 g/mol. The van der Waals surface area contributed by atoms with Crippen LogP contribution in [-0.2, 0) is 40.1 Å². The van der Waals surface area contributed by atoms with Crippen molar-refractivity contribution < 1.29 is 38.2 Å². The molecular formula is C32H50N4O8. The van der Waals surface area contributed by atoms with E-state index in [1.807, 2.05) is 39.0 Å². The van der Waals surface area contributed by atoms with Crippen LogP contribution in [0.15, 0.2) is 30.3 Å². The number of hydrogen-bond donors (Lipinski definition) is 4. The molecule has 1 aromatic carbocycles. The van der Waals surface area contributed by atoms with Gasteiger partial charge in [-0.1, -0.05) is 64.4 Å². The highest BCUT2D eigenvalue weighted by Gasteiger charge is 2.32. The summed E-state index contributed by atoms with van der Waals surface area (Å²) in [6.07, 6.45) is 0.471. The fourth-order valence-electron chi connectivity index (χ4n) is 4.12. The van der Waals surface area contributed by atoms with E-state index in [0.717, 1.165) is 5.56 Å². The Labute approximate surface area is 260 Å². The first-order valence-corrected chi connectivity index (χ1v) is 15.1. The number of alkyl carbamates (subject to hydrolysis) is 1. The van der Waals surface area contributed by atoms with Crippen LogP contribution in [0.25, 0.3) is 0 Å². The Bertz CT molecular complexity index is 1100. The van der Waals surface area contributed by atoms with E-state index in [1.54, 1.807) is 39.8 Å². The summed E-state index contributed by atoms with van der Waals surface area (Å²) in [5, 5.41) is 10.4. The van der Waals surface area contributed by atoms with Crippen LogP contribution in [0.4, 0.5) is 4.79 Å². The van der Waals surface area contributed by atoms with E-state index in [-0.39, 0.29) is 31.3 Å². The second-order valence-electron chi connectivity index (χ2n) is 12.4. The minimum atomic E-state index is -1.24. The average molecular weight is 619 g/mol. The van der Waals surface area contributed by atoms with Gasteiger partial charge < -0.3 is 35.5 Å². The number of carbonyl (C=O) groups excluding carboxylic acids is 6. The van der Waals surface area contributed by atoms with Gasteiger partial charge in [0.2, 0.25) is 17.7 Å². The third-order valence-corrected chi connectivity index (χ3v) is 6.64. The summed E-state index contributed by atoms with van der Waals surface area (Å²) in [5.41, 5.74) is 0.0227. The number of carbonyl (C=O) groups is 6. The predicted octanol–water partition coefficient (Wildman–Crippen LogP) is 3.17. The van der Waals surface area contributed by atoms with Crippen molar-refractivity contribution in [3.63, 3.8) is 0 Å². The molecule has 0 saturated heterocycles. The van der Waals surface area contributed by atoms with Gasteiger partial charge in [0.15, 0.2) is 0 Å². The molecule has 5 atom stereocenters. The van der Waals surface area contributed by atoms with Crippen LogP contribution >= 0.6 is 0 Å². The van der Waals surface area contributed by atoms with Crippen molar-refractivity contribution in [3.05, 3.63) is 35.9 Å². The molecule has 0 aliphatic heterocycles. The van der Waals surface area contributed by atoms with Crippen molar-refractivity contribution in [3.8, 4) is 0 Å². The fourth-order valence-corrected chi connectivity index (χ4v) is 4.12. The maximum Gasteiger partial charge on any atom is 0.408 e. The molecule has 0 saturated carbocycles. The van der Waals surface area contributed by atoms with Crippen molar-refractivity contribution in [2.24, 2.45) is 11.8 Å². The van der Waals surface area contributed by atoms with Crippen LogP contribution in [0.5, 0.6) is 0 Å². The molecule has 0 fully saturated rings. The summed E-state index contributed by atoms with van der Waals surface area (Å²) in [4.78, 5) is 75.9. The quantitative estimate of drug-likeness (QED) is 0.152. The largest absolute Gasteiger partial charge is 0.460 e. The van der Waals surface area contributed by atoms with E-state index in [9.17, 15) is 28.8 Å². The van der Waals surface area contributed by atoms with Crippen molar-refractivity contribution in [1.29, 1.82) is 0 Å². The molecule has 0 aliphatic carbocycles. The van der Waals surface area contributed by atoms with E-state index < -0.39 is 59.6 Å². The minimum absolute atomic E-state index is 0.00448. The molecule has 4 N–H and O–H groups in total. The zero-order valence-electron chi connectivity index (χ0n) is 27.2. The lowest BCUT2D eigenvalue weighted by Gasteiger charge is -2.27. The number of amides is 4. The number of ether oxygens (including phenoxy) is 2. The number of nitrogens with one attached hydrogen (secondary N) is 4. The van der Waals surface area contributed by atoms with Gasteiger partial charge in [0.1, 0.15) is 36.6 Å². The molecule has 4 amide bonds. The zero-order valence-corrected chi connectivity index (χ0v) is 27.2. The highest BCUT2D eigenvalue weighted by atomic mass is 16.6. The maximum atomic E-state index is 13.5. The lowest BCUT2D eigenvalue weighted by molar-refractivity contribution is -0.155. The smallest absolute Gasteiger partial charge is 0.408 e. The van der Waals surface area contributed by atoms with Crippen LogP contribution in [-0.4, -0.2) is 65.8 Å². The van der Waals surface area contributed by atoms with Gasteiger partial charge >= 0.3 is 12.1 Å². The second-order valence-corrected chi connectivity index (χ2v) is 12.4. The van der Waals surface area contributed by atoms with Crippen LogP contribution in [0.2, 0.25) is 0 Å². The number of rotatable bonds is 17. The van der Waals surface area contributed by atoms with Gasteiger partial charge in [-0.25, -0.2) is 4.79 Å². The third-order valence-electron chi connectivity index (χ3n) is 6.64. The van der Waals surface area contributed by atoms with Crippen molar-refractivity contribution in [1.82, 2.24) is 21.3 Å². The second kappa shape index (κ2) is 18.6. The summed E-state index contributed by atoms with van der Waals surface area (Å²) >= 11 is 0. The molecule has 0 aliphatic rings. The Morgan fingerprint density at radius 2 is 1.50 bits per heavy atom. The van der Waals surface area contributed by atoms with Gasteiger partial charge in [-0.3, -0.25) is 19.2 Å². The Kier molecular flexibility index (Phi) is 16.1. The van der Waals surface area contributed by atoms with Gasteiger partial charge in [-0.15, -0.1) is 0 Å². The maximum absolute atomic E-state index is 13.5. The monoisotopic (exact) mass is 618 g/mol. The Morgan fingerprint density at radius 3 is 2.05 bits per heavy atom. The number of aldehydes is 1. The standard InChI is InChI=1S/C32H50N4O8/c1-9-21(4)27(36-31(42)43-19-23-13-11-10-12-14-23)30(41)35-25(15-16-26(38)44-32(6,7)8)29(40)33-22(5)28(39)34-24(18-37)17-20(2)3/h10-14,18,20-22,24-25,27H,9,15-17,19H2,1-8H3,(H,33,40)(H,34,39)(H,35,41)(H,36,42)/t21-,22-,24?,25-,27?/m0/s1. The molecule has 246 valence electrons. The highest BCUT2D eigenvalue weighted by Crippen LogP contribution is 2.13. The molecule has 2 unspecified atom stereocenters. The van der Waals surface area contributed by atoms with Gasteiger partial charge in [0.05, 0.1) is 6.04 Å². The van der Waals surface area contributed by atoms with Crippen molar-refractivity contribution >= 4 is 36.1 Å². The van der Waals surface area contributed by atoms with E-state index in [0.29, 0.717) is 19.1 Å². The predicted molar refractivity (Wildman–Crippen MR) is 165 cm³/mol. The summed E-state index contributed by atoms with van der Waals surface area (Å²) in [6.45, 7) is 14.0. The summed E-state index contributed by atoms with van der Waals surface area (Å²) in [7, 11) is 0. The Hall–Kier alpha value is -3.96. The Balaban J connectivity index is 3.04. The van der Waals surface area contributed by atoms with Gasteiger partial charge in [0.25, 0.3) is 0 Å². The molecule has 0 heterocycles. The Morgan fingerprint density at radius 1 is 0.864 bits per heavy atom. The molecule has 0 aromatic heterocycles. The zero-order chi connectivity index (χ0) is 33.4. The molecule has 0 bridgehead atoms. The molecule has 44 heavy (non-hydrogen) atoms. The van der Waals surface area contributed by atoms with Crippen molar-refractivity contribution in [2.45, 2.75) is 117 Å². The third kappa shape index (κ3) is 15.0. The first-order valence-electron chi connectivity index (χ1n) is 15.1. The highest BCUT2D eigenvalue weighted by molar-refractivity contribution is 5.94. The van der Waals surface area contributed by atoms with Gasteiger partial charge in [-0.2, -0.15) is 0 Å². The average Bonchev–Trinajstić information content (AvgIpc) is 2.95. The summed E-state index contributed by atoms with van der Waals surface area (Å²) in [5.74, 6) is -2.70. The van der Waals surface area contributed by atoms with Crippen LogP contribution in [0.3, 0.4) is 0 Å². The minimum Gasteiger partial charge on any atom is -0.460 e. The summed E-state index contributed by atoms with van der Waals surface area (Å²) in [6, 6.07) is 5.00. The molecule has 1 aromatic rings. The van der Waals surface area contributed by atoms with Crippen molar-refractivity contribution in [2.75, 3.05) is 0 Å². The first kappa shape index (κ1) is 38.1. The van der Waals surface area contributed by atoms with Crippen LogP contribution < -0.4 is 21.3 Å². The first-order chi connectivity index (χ1) is 20.6. The molecule has 12 heteroatoms. The molecule has 12 nitrogen and oxygen atoms in total. The molecule has 0 spiro atoms. The van der Waals surface area contributed by atoms with Crippen LogP contribution in [0.1, 0.15) is 86.6 Å². The lowest BCUT2D eigenvalue weighted by Crippen LogP contribution is -2.58. The molecule has 1 rings (SSSR count). The van der Waals surface area contributed by atoms with E-state index in [2.05, 4.69) is 21.3 Å². The van der Waals surface area contributed by atoms with E-state index in [4.69, 9.17) is 9.47 Å².